The van der Waals surface area contributed by atoms with Crippen molar-refractivity contribution in [2.24, 2.45) is 16.9 Å². The molecule has 2 atom stereocenters. The molecule has 8 nitrogen and oxygen atoms in total. The van der Waals surface area contributed by atoms with Crippen LogP contribution in [0.5, 0.6) is 5.75 Å². The molecular formula is C17H26N4O4. The van der Waals surface area contributed by atoms with Gasteiger partial charge in [0.05, 0.1) is 18.9 Å². The highest BCUT2D eigenvalue weighted by Gasteiger charge is 2.62. The Balaban J connectivity index is 2.14. The number of hydrogen-bond donors (Lipinski definition) is 4. The van der Waals surface area contributed by atoms with E-state index in [1.165, 1.54) is 7.11 Å². The number of carbonyl (C=O) groups is 2. The molecule has 1 aromatic rings. The van der Waals surface area contributed by atoms with Gasteiger partial charge in [0.1, 0.15) is 11.3 Å². The molecule has 1 fully saturated rings. The van der Waals surface area contributed by atoms with Crippen LogP contribution < -0.4 is 26.8 Å². The van der Waals surface area contributed by atoms with Gasteiger partial charge in [-0.15, -0.1) is 0 Å². The molecule has 0 bridgehead atoms. The Bertz CT molecular complexity index is 677. The van der Waals surface area contributed by atoms with E-state index in [2.05, 4.69) is 10.6 Å². The van der Waals surface area contributed by atoms with Crippen molar-refractivity contribution >= 4 is 23.3 Å². The molecule has 1 aromatic carbocycles. The van der Waals surface area contributed by atoms with Gasteiger partial charge >= 0.3 is 6.03 Å². The van der Waals surface area contributed by atoms with Gasteiger partial charge < -0.3 is 31.6 Å². The van der Waals surface area contributed by atoms with E-state index in [4.69, 9.17) is 20.9 Å². The zero-order chi connectivity index (χ0) is 18.8. The molecule has 0 aromatic heterocycles. The zero-order valence-electron chi connectivity index (χ0n) is 15.0. The van der Waals surface area contributed by atoms with Crippen molar-refractivity contribution in [2.75, 3.05) is 24.4 Å². The first-order valence-corrected chi connectivity index (χ1v) is 8.12. The fourth-order valence-electron chi connectivity index (χ4n) is 3.07. The average molecular weight is 350 g/mol. The summed E-state index contributed by atoms with van der Waals surface area (Å²) in [5, 5.41) is 5.26. The number of carbonyl (C=O) groups excluding carboxylic acids is 2. The van der Waals surface area contributed by atoms with Gasteiger partial charge in [-0.3, -0.25) is 4.79 Å². The van der Waals surface area contributed by atoms with Crippen LogP contribution in [0.25, 0.3) is 0 Å². The summed E-state index contributed by atoms with van der Waals surface area (Å²) in [4.78, 5) is 23.7. The van der Waals surface area contributed by atoms with E-state index in [-0.39, 0.29) is 12.0 Å². The minimum absolute atomic E-state index is 0.0510. The molecule has 138 valence electrons. The molecule has 1 aliphatic carbocycles. The first-order valence-electron chi connectivity index (χ1n) is 8.12. The number of amides is 3. The minimum atomic E-state index is -1.02. The van der Waals surface area contributed by atoms with Crippen LogP contribution in [-0.4, -0.2) is 37.3 Å². The van der Waals surface area contributed by atoms with Crippen molar-refractivity contribution in [1.82, 2.24) is 0 Å². The molecule has 1 saturated carbocycles. The number of nitrogens with two attached hydrogens (primary N) is 2. The van der Waals surface area contributed by atoms with Crippen molar-refractivity contribution < 1.29 is 19.1 Å². The Morgan fingerprint density at radius 3 is 2.52 bits per heavy atom. The zero-order valence-corrected chi connectivity index (χ0v) is 15.0. The van der Waals surface area contributed by atoms with Gasteiger partial charge in [-0.05, 0) is 19.1 Å². The summed E-state index contributed by atoms with van der Waals surface area (Å²) in [6, 6.07) is 4.13. The third-order valence-electron chi connectivity index (χ3n) is 4.95. The standard InChI is InChI=1S/C17H26N4O4/c1-5-25-13-9-17(19,16(13,2)3)14(22)20-10-6-7-11(21-15(18)23)12(8-10)24-4/h6-8,13H,5,9,19H2,1-4H3,(H,20,22)(H3,18,21,23). The second kappa shape index (κ2) is 6.89. The molecule has 3 amide bonds. The normalized spacial score (nSPS) is 24.1. The molecule has 6 N–H and O–H groups in total. The Morgan fingerprint density at radius 1 is 1.32 bits per heavy atom. The van der Waals surface area contributed by atoms with Crippen LogP contribution in [0.15, 0.2) is 18.2 Å². The number of nitrogens with one attached hydrogen (secondary N) is 2. The van der Waals surface area contributed by atoms with Crippen molar-refractivity contribution in [3.8, 4) is 5.75 Å². The van der Waals surface area contributed by atoms with Crippen LogP contribution in [-0.2, 0) is 9.53 Å². The van der Waals surface area contributed by atoms with E-state index in [0.29, 0.717) is 30.2 Å². The quantitative estimate of drug-likeness (QED) is 0.620. The molecule has 0 spiro atoms. The van der Waals surface area contributed by atoms with Gasteiger partial charge in [-0.2, -0.15) is 0 Å². The first-order chi connectivity index (χ1) is 11.7. The van der Waals surface area contributed by atoms with Gasteiger partial charge in [-0.25, -0.2) is 4.79 Å². The highest BCUT2D eigenvalue weighted by atomic mass is 16.5. The summed E-state index contributed by atoms with van der Waals surface area (Å²) in [6.07, 6.45) is 0.405. The van der Waals surface area contributed by atoms with Crippen LogP contribution in [0.2, 0.25) is 0 Å². The number of anilines is 2. The third-order valence-corrected chi connectivity index (χ3v) is 4.95. The molecule has 25 heavy (non-hydrogen) atoms. The Kier molecular flexibility index (Phi) is 5.24. The fraction of sp³-hybridized carbons (Fsp3) is 0.529. The highest BCUT2D eigenvalue weighted by Crippen LogP contribution is 2.50. The van der Waals surface area contributed by atoms with Crippen LogP contribution in [0.3, 0.4) is 0 Å². The van der Waals surface area contributed by atoms with E-state index >= 15 is 0 Å². The number of benzene rings is 1. The van der Waals surface area contributed by atoms with Crippen LogP contribution in [0.1, 0.15) is 27.2 Å². The molecule has 8 heteroatoms. The number of ether oxygens (including phenoxy) is 2. The smallest absolute Gasteiger partial charge is 0.316 e. The van der Waals surface area contributed by atoms with Gasteiger partial charge in [0, 0.05) is 30.2 Å². The number of hydrogen-bond acceptors (Lipinski definition) is 5. The van der Waals surface area contributed by atoms with Crippen molar-refractivity contribution in [3.05, 3.63) is 18.2 Å². The maximum atomic E-state index is 12.7. The monoisotopic (exact) mass is 350 g/mol. The molecule has 0 radical (unpaired) electrons. The fourth-order valence-corrected chi connectivity index (χ4v) is 3.07. The third kappa shape index (κ3) is 3.40. The van der Waals surface area contributed by atoms with Gasteiger partial charge in [0.25, 0.3) is 0 Å². The Hall–Kier alpha value is -2.32. The highest BCUT2D eigenvalue weighted by molar-refractivity contribution is 6.00. The van der Waals surface area contributed by atoms with Crippen molar-refractivity contribution in [2.45, 2.75) is 38.8 Å². The van der Waals surface area contributed by atoms with Gasteiger partial charge in [0.2, 0.25) is 5.91 Å². The van der Waals surface area contributed by atoms with E-state index in [1.54, 1.807) is 18.2 Å². The summed E-state index contributed by atoms with van der Waals surface area (Å²) < 4.78 is 10.9. The summed E-state index contributed by atoms with van der Waals surface area (Å²) in [5.74, 6) is 0.0915. The maximum Gasteiger partial charge on any atom is 0.316 e. The second-order valence-electron chi connectivity index (χ2n) is 6.70. The van der Waals surface area contributed by atoms with Gasteiger partial charge in [0.15, 0.2) is 0 Å². The lowest BCUT2D eigenvalue weighted by Gasteiger charge is -2.57. The molecule has 1 aliphatic rings. The summed E-state index contributed by atoms with van der Waals surface area (Å²) in [6.45, 7) is 6.35. The lowest BCUT2D eigenvalue weighted by atomic mass is 9.54. The lowest BCUT2D eigenvalue weighted by Crippen LogP contribution is -2.74. The maximum absolute atomic E-state index is 12.7. The molecule has 2 unspecified atom stereocenters. The van der Waals surface area contributed by atoms with Crippen molar-refractivity contribution in [3.63, 3.8) is 0 Å². The Labute approximate surface area is 147 Å². The first kappa shape index (κ1) is 19.0. The van der Waals surface area contributed by atoms with E-state index in [1.807, 2.05) is 20.8 Å². The molecule has 2 rings (SSSR count). The lowest BCUT2D eigenvalue weighted by molar-refractivity contribution is -0.166. The number of urea groups is 1. The topological polar surface area (TPSA) is 129 Å². The second-order valence-corrected chi connectivity index (χ2v) is 6.70. The van der Waals surface area contributed by atoms with E-state index in [9.17, 15) is 9.59 Å². The number of methoxy groups -OCH3 is 1. The SMILES string of the molecule is CCOC1CC(N)(C(=O)Nc2ccc(NC(N)=O)c(OC)c2)C1(C)C. The van der Waals surface area contributed by atoms with Crippen LogP contribution in [0.4, 0.5) is 16.2 Å². The minimum Gasteiger partial charge on any atom is -0.494 e. The molecule has 0 aliphatic heterocycles. The summed E-state index contributed by atoms with van der Waals surface area (Å²) in [5.41, 5.74) is 10.9. The number of rotatable bonds is 6. The number of primary amides is 1. The Morgan fingerprint density at radius 2 is 2.00 bits per heavy atom. The predicted molar refractivity (Wildman–Crippen MR) is 95.6 cm³/mol. The van der Waals surface area contributed by atoms with Crippen molar-refractivity contribution in [1.29, 1.82) is 0 Å². The molecule has 0 saturated heterocycles. The van der Waals surface area contributed by atoms with Crippen LogP contribution >= 0.6 is 0 Å². The van der Waals surface area contributed by atoms with Crippen LogP contribution in [0, 0.1) is 5.41 Å². The molecule has 0 heterocycles. The summed E-state index contributed by atoms with van der Waals surface area (Å²) >= 11 is 0. The molecular weight excluding hydrogens is 324 g/mol. The largest absolute Gasteiger partial charge is 0.494 e. The van der Waals surface area contributed by atoms with Gasteiger partial charge in [-0.1, -0.05) is 13.8 Å². The van der Waals surface area contributed by atoms with E-state index < -0.39 is 17.0 Å². The predicted octanol–water partition coefficient (Wildman–Crippen LogP) is 1.66. The average Bonchev–Trinajstić information content (AvgIpc) is 2.55. The summed E-state index contributed by atoms with van der Waals surface area (Å²) in [7, 11) is 1.46. The van der Waals surface area contributed by atoms with E-state index in [0.717, 1.165) is 0 Å².